The summed E-state index contributed by atoms with van der Waals surface area (Å²) >= 11 is 1.64. The minimum absolute atomic E-state index is 0.0222. The van der Waals surface area contributed by atoms with Crippen LogP contribution < -0.4 is 4.74 Å². The van der Waals surface area contributed by atoms with E-state index in [-0.39, 0.29) is 12.0 Å². The van der Waals surface area contributed by atoms with Crippen molar-refractivity contribution in [2.24, 2.45) is 0 Å². The van der Waals surface area contributed by atoms with Gasteiger partial charge in [-0.25, -0.2) is 0 Å². The van der Waals surface area contributed by atoms with E-state index < -0.39 is 0 Å². The molecule has 4 heterocycles. The third-order valence-electron chi connectivity index (χ3n) is 7.51. The number of hydrogen-bond acceptors (Lipinski definition) is 5. The van der Waals surface area contributed by atoms with Crippen molar-refractivity contribution in [2.45, 2.75) is 45.4 Å². The Kier molecular flexibility index (Phi) is 6.53. The number of amides is 1. The maximum atomic E-state index is 13.1. The summed E-state index contributed by atoms with van der Waals surface area (Å²) in [6.45, 7) is 3.92. The van der Waals surface area contributed by atoms with Crippen LogP contribution in [0.2, 0.25) is 0 Å². The normalized spacial score (nSPS) is 16.7. The van der Waals surface area contributed by atoms with Crippen molar-refractivity contribution in [3.63, 3.8) is 0 Å². The summed E-state index contributed by atoms with van der Waals surface area (Å²) in [7, 11) is 1.70. The number of methoxy groups -OCH3 is 1. The van der Waals surface area contributed by atoms with Gasteiger partial charge in [0.2, 0.25) is 5.91 Å². The molecule has 4 aromatic rings. The smallest absolute Gasteiger partial charge is 0.228 e. The summed E-state index contributed by atoms with van der Waals surface area (Å²) in [4.78, 5) is 21.5. The highest BCUT2D eigenvalue weighted by Gasteiger charge is 2.32. The Morgan fingerprint density at radius 1 is 1.11 bits per heavy atom. The molecule has 2 aromatic carbocycles. The van der Waals surface area contributed by atoms with E-state index in [1.807, 2.05) is 34.5 Å². The fourth-order valence-electron chi connectivity index (χ4n) is 5.52. The number of aromatic nitrogens is 1. The molecule has 2 aliphatic heterocycles. The average Bonchev–Trinajstić information content (AvgIpc) is 3.45. The molecule has 5 nitrogen and oxygen atoms in total. The first-order valence-electron chi connectivity index (χ1n) is 12.8. The molecule has 2 aromatic heterocycles. The lowest BCUT2D eigenvalue weighted by Crippen LogP contribution is -2.38. The molecule has 0 saturated heterocycles. The Bertz CT molecular complexity index is 1430. The second-order valence-electron chi connectivity index (χ2n) is 9.76. The summed E-state index contributed by atoms with van der Waals surface area (Å²) in [5.74, 6) is 1.02. The molecule has 1 amide bonds. The number of fused-ring (bicyclic) bond motifs is 3. The number of thiophene rings is 1. The van der Waals surface area contributed by atoms with Gasteiger partial charge < -0.3 is 14.4 Å². The van der Waals surface area contributed by atoms with Crippen molar-refractivity contribution in [3.8, 4) is 17.0 Å². The zero-order valence-corrected chi connectivity index (χ0v) is 22.0. The zero-order valence-electron chi connectivity index (χ0n) is 21.2. The molecule has 37 heavy (non-hydrogen) atoms. The van der Waals surface area contributed by atoms with Crippen LogP contribution in [0.5, 0.6) is 5.75 Å². The van der Waals surface area contributed by atoms with Crippen molar-refractivity contribution < 1.29 is 14.3 Å². The molecule has 0 fully saturated rings. The number of pyridine rings is 1. The van der Waals surface area contributed by atoms with E-state index in [1.165, 1.54) is 22.3 Å². The van der Waals surface area contributed by atoms with Crippen LogP contribution in [-0.4, -0.2) is 29.4 Å². The molecule has 0 saturated carbocycles. The minimum Gasteiger partial charge on any atom is -0.497 e. The van der Waals surface area contributed by atoms with Crippen molar-refractivity contribution >= 4 is 17.2 Å². The zero-order chi connectivity index (χ0) is 25.4. The van der Waals surface area contributed by atoms with Gasteiger partial charge in [-0.15, -0.1) is 11.3 Å². The number of ether oxygens (including phenoxy) is 2. The first-order valence-corrected chi connectivity index (χ1v) is 13.6. The van der Waals surface area contributed by atoms with E-state index in [9.17, 15) is 4.79 Å². The molecule has 188 valence electrons. The predicted molar refractivity (Wildman–Crippen MR) is 146 cm³/mol. The monoisotopic (exact) mass is 510 g/mol. The highest BCUT2D eigenvalue weighted by Crippen LogP contribution is 2.40. The van der Waals surface area contributed by atoms with E-state index in [0.717, 1.165) is 46.0 Å². The summed E-state index contributed by atoms with van der Waals surface area (Å²) in [5, 5.41) is 2.03. The highest BCUT2D eigenvalue weighted by atomic mass is 32.1. The largest absolute Gasteiger partial charge is 0.497 e. The Hall–Kier alpha value is -3.48. The van der Waals surface area contributed by atoms with Crippen LogP contribution in [0.3, 0.4) is 0 Å². The van der Waals surface area contributed by atoms with Gasteiger partial charge in [-0.05, 0) is 64.4 Å². The number of aryl methyl sites for hydroxylation is 1. The Balaban J connectivity index is 1.40. The van der Waals surface area contributed by atoms with E-state index in [2.05, 4.69) is 43.3 Å². The van der Waals surface area contributed by atoms with Gasteiger partial charge >= 0.3 is 0 Å². The average molecular weight is 511 g/mol. The van der Waals surface area contributed by atoms with Gasteiger partial charge in [-0.3, -0.25) is 9.78 Å². The fourth-order valence-corrected chi connectivity index (χ4v) is 6.21. The van der Waals surface area contributed by atoms with Crippen LogP contribution in [-0.2, 0) is 41.9 Å². The summed E-state index contributed by atoms with van der Waals surface area (Å²) in [5.41, 5.74) is 9.18. The van der Waals surface area contributed by atoms with Crippen LogP contribution in [0.15, 0.2) is 66.0 Å². The van der Waals surface area contributed by atoms with Gasteiger partial charge in [0.05, 0.1) is 31.9 Å². The van der Waals surface area contributed by atoms with Crippen LogP contribution in [0.25, 0.3) is 11.3 Å². The molecule has 0 bridgehead atoms. The third kappa shape index (κ3) is 4.67. The second-order valence-corrected chi connectivity index (χ2v) is 10.8. The van der Waals surface area contributed by atoms with Crippen molar-refractivity contribution in [1.29, 1.82) is 0 Å². The van der Waals surface area contributed by atoms with Crippen molar-refractivity contribution in [3.05, 3.63) is 104 Å². The lowest BCUT2D eigenvalue weighted by Gasteiger charge is -2.35. The molecule has 2 aliphatic rings. The van der Waals surface area contributed by atoms with E-state index in [4.69, 9.17) is 14.5 Å². The first kappa shape index (κ1) is 23.9. The molecule has 0 aliphatic carbocycles. The van der Waals surface area contributed by atoms with Crippen molar-refractivity contribution in [1.82, 2.24) is 9.88 Å². The molecule has 0 radical (unpaired) electrons. The topological polar surface area (TPSA) is 51.7 Å². The van der Waals surface area contributed by atoms with Crippen LogP contribution >= 0.6 is 11.3 Å². The van der Waals surface area contributed by atoms with Gasteiger partial charge in [0.1, 0.15) is 5.75 Å². The predicted octanol–water partition coefficient (Wildman–Crippen LogP) is 6.07. The van der Waals surface area contributed by atoms with Gasteiger partial charge in [0, 0.05) is 42.1 Å². The quantitative estimate of drug-likeness (QED) is 0.327. The van der Waals surface area contributed by atoms with Gasteiger partial charge in [-0.1, -0.05) is 36.4 Å². The number of rotatable bonds is 5. The lowest BCUT2D eigenvalue weighted by molar-refractivity contribution is -0.131. The summed E-state index contributed by atoms with van der Waals surface area (Å²) < 4.78 is 11.9. The molecule has 0 unspecified atom stereocenters. The molecule has 6 heteroatoms. The van der Waals surface area contributed by atoms with E-state index >= 15 is 0 Å². The Morgan fingerprint density at radius 3 is 2.73 bits per heavy atom. The maximum absolute atomic E-state index is 13.1. The molecular weight excluding hydrogens is 480 g/mol. The van der Waals surface area contributed by atoms with Crippen LogP contribution in [0, 0.1) is 6.92 Å². The SMILES string of the molecule is COc1ccc(-c2nc3c(c4c2C[C@H](c2ccccc2)OC4)CN(C(=O)Cc2cccs2)CC3)c(C)c1. The van der Waals surface area contributed by atoms with Gasteiger partial charge in [0.15, 0.2) is 0 Å². The molecule has 0 N–H and O–H groups in total. The number of hydrogen-bond donors (Lipinski definition) is 0. The van der Waals surface area contributed by atoms with Crippen LogP contribution in [0.4, 0.5) is 0 Å². The molecule has 0 spiro atoms. The van der Waals surface area contributed by atoms with Crippen molar-refractivity contribution in [2.75, 3.05) is 13.7 Å². The minimum atomic E-state index is -0.0222. The third-order valence-corrected chi connectivity index (χ3v) is 8.39. The van der Waals surface area contributed by atoms with Gasteiger partial charge in [-0.2, -0.15) is 0 Å². The Morgan fingerprint density at radius 2 is 1.97 bits per heavy atom. The van der Waals surface area contributed by atoms with Gasteiger partial charge in [0.25, 0.3) is 0 Å². The van der Waals surface area contributed by atoms with E-state index in [1.54, 1.807) is 18.4 Å². The van der Waals surface area contributed by atoms with Crippen LogP contribution in [0.1, 0.15) is 44.5 Å². The second kappa shape index (κ2) is 10.1. The maximum Gasteiger partial charge on any atom is 0.228 e. The summed E-state index contributed by atoms with van der Waals surface area (Å²) in [6, 6.07) is 20.7. The Labute approximate surface area is 221 Å². The summed E-state index contributed by atoms with van der Waals surface area (Å²) in [6.07, 6.45) is 1.94. The number of benzene rings is 2. The van der Waals surface area contributed by atoms with E-state index in [0.29, 0.717) is 26.1 Å². The number of carbonyl (C=O) groups is 1. The fraction of sp³-hybridized carbons (Fsp3) is 0.290. The standard InChI is InChI=1S/C31H30N2O3S/c1-20-15-22(35-2)10-11-24(20)31-25-17-29(21-7-4-3-5-8-21)36-19-27(25)26-18-33(13-12-28(26)32-31)30(34)16-23-9-6-14-37-23/h3-11,14-15,29H,12-13,16-19H2,1-2H3/t29-/m1/s1. The highest BCUT2D eigenvalue weighted by molar-refractivity contribution is 7.10. The lowest BCUT2D eigenvalue weighted by atomic mass is 9.86. The molecular formula is C31H30N2O3S. The number of nitrogens with zero attached hydrogens (tertiary/aromatic N) is 2. The number of carbonyl (C=O) groups excluding carboxylic acids is 1. The first-order chi connectivity index (χ1) is 18.1. The molecule has 1 atom stereocenters. The molecule has 6 rings (SSSR count).